The van der Waals surface area contributed by atoms with E-state index in [9.17, 15) is 14.4 Å². The van der Waals surface area contributed by atoms with Crippen molar-refractivity contribution in [3.63, 3.8) is 0 Å². The summed E-state index contributed by atoms with van der Waals surface area (Å²) in [7, 11) is 3.13. The van der Waals surface area contributed by atoms with Crippen molar-refractivity contribution in [2.24, 2.45) is 7.05 Å². The van der Waals surface area contributed by atoms with Gasteiger partial charge >= 0.3 is 0 Å². The van der Waals surface area contributed by atoms with E-state index in [1.165, 1.54) is 17.8 Å². The maximum atomic E-state index is 12.6. The Labute approximate surface area is 200 Å². The molecule has 12 heteroatoms. The Bertz CT molecular complexity index is 1310. The SMILES string of the molecule is CNC(=O)COc1cc2cc(Nc3nc(N4CCCNC(=O)C4)ncc3Cl)ccc2n(C)c1=O. The number of hydrogen-bond acceptors (Lipinski definition) is 8. The van der Waals surface area contributed by atoms with Gasteiger partial charge in [0.1, 0.15) is 5.02 Å². The predicted octanol–water partition coefficient (Wildman–Crippen LogP) is 1.18. The zero-order valence-corrected chi connectivity index (χ0v) is 19.5. The molecule has 1 aliphatic heterocycles. The zero-order valence-electron chi connectivity index (χ0n) is 18.7. The fourth-order valence-electron chi connectivity index (χ4n) is 3.56. The average Bonchev–Trinajstić information content (AvgIpc) is 3.06. The van der Waals surface area contributed by atoms with Crippen molar-refractivity contribution in [1.82, 2.24) is 25.2 Å². The molecular weight excluding hydrogens is 462 g/mol. The van der Waals surface area contributed by atoms with E-state index in [0.717, 1.165) is 6.42 Å². The first-order valence-corrected chi connectivity index (χ1v) is 11.0. The van der Waals surface area contributed by atoms with Crippen LogP contribution in [0.5, 0.6) is 5.75 Å². The second-order valence-electron chi connectivity index (χ2n) is 7.72. The van der Waals surface area contributed by atoms with Crippen molar-refractivity contribution in [2.75, 3.05) is 43.5 Å². The van der Waals surface area contributed by atoms with Gasteiger partial charge in [-0.3, -0.25) is 14.4 Å². The molecule has 34 heavy (non-hydrogen) atoms. The maximum Gasteiger partial charge on any atom is 0.293 e. The summed E-state index contributed by atoms with van der Waals surface area (Å²) in [5.41, 5.74) is 1.01. The lowest BCUT2D eigenvalue weighted by molar-refractivity contribution is -0.122. The van der Waals surface area contributed by atoms with Gasteiger partial charge < -0.3 is 30.2 Å². The van der Waals surface area contributed by atoms with Crippen molar-refractivity contribution >= 4 is 51.8 Å². The highest BCUT2D eigenvalue weighted by Crippen LogP contribution is 2.27. The molecule has 0 unspecified atom stereocenters. The summed E-state index contributed by atoms with van der Waals surface area (Å²) in [6, 6.07) is 6.99. The number of amides is 2. The standard InChI is InChI=1S/C22H24ClN7O4/c1-24-19(32)12-34-17-9-13-8-14(4-5-16(13)29(2)21(17)33)27-20-15(23)10-26-22(28-20)30-7-3-6-25-18(31)11-30/h4-5,8-10H,3,6-7,11-12H2,1-2H3,(H,24,32)(H,25,31)(H,26,27,28). The molecule has 3 aromatic rings. The first-order valence-electron chi connectivity index (χ1n) is 10.6. The van der Waals surface area contributed by atoms with Gasteiger partial charge in [0.05, 0.1) is 18.3 Å². The molecule has 11 nitrogen and oxygen atoms in total. The van der Waals surface area contributed by atoms with E-state index in [0.29, 0.717) is 46.5 Å². The lowest BCUT2D eigenvalue weighted by atomic mass is 10.2. The van der Waals surface area contributed by atoms with E-state index < -0.39 is 0 Å². The van der Waals surface area contributed by atoms with Gasteiger partial charge in [-0.2, -0.15) is 4.98 Å². The quantitative estimate of drug-likeness (QED) is 0.474. The molecule has 4 rings (SSSR count). The van der Waals surface area contributed by atoms with E-state index in [1.807, 2.05) is 6.07 Å². The van der Waals surface area contributed by atoms with Crippen LogP contribution in [0, 0.1) is 0 Å². The minimum absolute atomic E-state index is 0.0672. The minimum atomic E-state index is -0.345. The highest BCUT2D eigenvalue weighted by Gasteiger charge is 2.19. The van der Waals surface area contributed by atoms with Crippen LogP contribution in [0.2, 0.25) is 5.02 Å². The van der Waals surface area contributed by atoms with E-state index in [4.69, 9.17) is 16.3 Å². The van der Waals surface area contributed by atoms with E-state index >= 15 is 0 Å². The molecule has 3 N–H and O–H groups in total. The van der Waals surface area contributed by atoms with Gasteiger partial charge in [-0.1, -0.05) is 11.6 Å². The number of fused-ring (bicyclic) bond motifs is 1. The first kappa shape index (κ1) is 23.3. The summed E-state index contributed by atoms with van der Waals surface area (Å²) in [6.45, 7) is 1.16. The Hall–Kier alpha value is -3.86. The zero-order chi connectivity index (χ0) is 24.2. The minimum Gasteiger partial charge on any atom is -0.478 e. The van der Waals surface area contributed by atoms with Gasteiger partial charge in [-0.15, -0.1) is 0 Å². The van der Waals surface area contributed by atoms with Gasteiger partial charge in [-0.25, -0.2) is 4.98 Å². The number of hydrogen-bond donors (Lipinski definition) is 3. The molecule has 1 fully saturated rings. The number of nitrogens with one attached hydrogen (secondary N) is 3. The van der Waals surface area contributed by atoms with Gasteiger partial charge in [0.25, 0.3) is 11.5 Å². The predicted molar refractivity (Wildman–Crippen MR) is 129 cm³/mol. The van der Waals surface area contributed by atoms with Crippen LogP contribution in [0.25, 0.3) is 10.9 Å². The number of nitrogens with zero attached hydrogens (tertiary/aromatic N) is 4. The number of carbonyl (C=O) groups excluding carboxylic acids is 2. The van der Waals surface area contributed by atoms with Gasteiger partial charge in [0.15, 0.2) is 18.2 Å². The van der Waals surface area contributed by atoms with Crippen molar-refractivity contribution < 1.29 is 14.3 Å². The summed E-state index contributed by atoms with van der Waals surface area (Å²) >= 11 is 6.33. The van der Waals surface area contributed by atoms with Crippen LogP contribution >= 0.6 is 11.6 Å². The Morgan fingerprint density at radius 1 is 1.29 bits per heavy atom. The molecule has 1 aromatic carbocycles. The fraction of sp³-hybridized carbons (Fsp3) is 0.318. The average molecular weight is 486 g/mol. The molecule has 0 radical (unpaired) electrons. The van der Waals surface area contributed by atoms with Crippen molar-refractivity contribution in [3.05, 3.63) is 45.8 Å². The van der Waals surface area contributed by atoms with Gasteiger partial charge in [0.2, 0.25) is 11.9 Å². The number of rotatable bonds is 6. The summed E-state index contributed by atoms with van der Waals surface area (Å²) in [5, 5.41) is 9.49. The largest absolute Gasteiger partial charge is 0.478 e. The third kappa shape index (κ3) is 5.04. The second-order valence-corrected chi connectivity index (χ2v) is 8.13. The maximum absolute atomic E-state index is 12.6. The van der Waals surface area contributed by atoms with E-state index in [2.05, 4.69) is 25.9 Å². The lowest BCUT2D eigenvalue weighted by Gasteiger charge is -2.20. The molecule has 0 aliphatic carbocycles. The van der Waals surface area contributed by atoms with E-state index in [-0.39, 0.29) is 36.3 Å². The number of halogens is 1. The number of anilines is 3. The van der Waals surface area contributed by atoms with Crippen molar-refractivity contribution in [1.29, 1.82) is 0 Å². The molecule has 0 atom stereocenters. The van der Waals surface area contributed by atoms with Crippen LogP contribution in [0.15, 0.2) is 35.3 Å². The molecule has 0 saturated carbocycles. The number of aryl methyl sites for hydroxylation is 1. The number of aromatic nitrogens is 3. The monoisotopic (exact) mass is 485 g/mol. The Morgan fingerprint density at radius 2 is 2.12 bits per heavy atom. The van der Waals surface area contributed by atoms with Gasteiger partial charge in [0, 0.05) is 38.3 Å². The lowest BCUT2D eigenvalue weighted by Crippen LogP contribution is -2.34. The number of pyridine rings is 1. The van der Waals surface area contributed by atoms with Crippen molar-refractivity contribution in [2.45, 2.75) is 6.42 Å². The summed E-state index contributed by atoms with van der Waals surface area (Å²) in [5.74, 6) is 0.431. The Kier molecular flexibility index (Phi) is 6.82. The number of ether oxygens (including phenoxy) is 1. The van der Waals surface area contributed by atoms with Crippen LogP contribution in [0.1, 0.15) is 6.42 Å². The van der Waals surface area contributed by atoms with Crippen LogP contribution in [-0.4, -0.2) is 59.6 Å². The number of carbonyl (C=O) groups is 2. The normalized spacial score (nSPS) is 13.9. The molecular formula is C22H24ClN7O4. The van der Waals surface area contributed by atoms with Crippen LogP contribution < -0.4 is 31.1 Å². The third-order valence-corrected chi connectivity index (χ3v) is 5.64. The molecule has 1 aliphatic rings. The third-order valence-electron chi connectivity index (χ3n) is 5.37. The van der Waals surface area contributed by atoms with Crippen LogP contribution in [-0.2, 0) is 16.6 Å². The van der Waals surface area contributed by atoms with E-state index in [1.54, 1.807) is 30.1 Å². The number of benzene rings is 1. The second kappa shape index (κ2) is 9.96. The molecule has 2 amide bonds. The topological polar surface area (TPSA) is 130 Å². The summed E-state index contributed by atoms with van der Waals surface area (Å²) in [4.78, 5) is 46.6. The Morgan fingerprint density at radius 3 is 2.91 bits per heavy atom. The molecule has 2 aromatic heterocycles. The molecule has 1 saturated heterocycles. The first-order chi connectivity index (χ1) is 16.4. The molecule has 0 spiro atoms. The smallest absolute Gasteiger partial charge is 0.293 e. The molecule has 0 bridgehead atoms. The fourth-order valence-corrected chi connectivity index (χ4v) is 3.70. The number of likely N-dealkylation sites (N-methyl/N-ethyl adjacent to an activating group) is 1. The highest BCUT2D eigenvalue weighted by molar-refractivity contribution is 6.32. The van der Waals surface area contributed by atoms with Crippen molar-refractivity contribution in [3.8, 4) is 5.75 Å². The van der Waals surface area contributed by atoms with Crippen LogP contribution in [0.3, 0.4) is 0 Å². The van der Waals surface area contributed by atoms with Crippen LogP contribution in [0.4, 0.5) is 17.5 Å². The summed E-state index contributed by atoms with van der Waals surface area (Å²) < 4.78 is 6.87. The Balaban J connectivity index is 1.63. The molecule has 3 heterocycles. The van der Waals surface area contributed by atoms with Gasteiger partial charge in [-0.05, 0) is 30.7 Å². The highest BCUT2D eigenvalue weighted by atomic mass is 35.5. The summed E-state index contributed by atoms with van der Waals surface area (Å²) in [6.07, 6.45) is 2.28. The molecule has 178 valence electrons.